The summed E-state index contributed by atoms with van der Waals surface area (Å²) in [7, 11) is 0. The molecule has 4 rings (SSSR count). The molecule has 6 heteroatoms. The lowest BCUT2D eigenvalue weighted by Crippen LogP contribution is -2.90. The van der Waals surface area contributed by atoms with Crippen LogP contribution in [0.4, 0.5) is 0 Å². The second-order valence-electron chi connectivity index (χ2n) is 6.76. The fraction of sp³-hybridized carbons (Fsp3) is 0.800. The molecule has 0 aromatic heterocycles. The molecule has 6 nitrogen and oxygen atoms in total. The van der Waals surface area contributed by atoms with Gasteiger partial charge in [-0.1, -0.05) is 19.3 Å². The summed E-state index contributed by atoms with van der Waals surface area (Å²) in [6.07, 6.45) is 4.73. The van der Waals surface area contributed by atoms with Crippen LogP contribution in [0.2, 0.25) is 0 Å². The van der Waals surface area contributed by atoms with Crippen LogP contribution < -0.4 is 10.7 Å². The van der Waals surface area contributed by atoms with Crippen LogP contribution in [0.1, 0.15) is 39.0 Å². The van der Waals surface area contributed by atoms with Gasteiger partial charge in [0, 0.05) is 5.41 Å². The zero-order valence-corrected chi connectivity index (χ0v) is 12.1. The standard InChI is InChI=1S/C15H18N4O2/c1-10-7-20-15(21-10)14(9-17)12(5-3-2-4-6-12)13(14,8-16)11(18)19-15/h10H,2-7H2,1H3,(H2,18,19)/p+1/t10-,13-,14+,15+/m0/s1. The van der Waals surface area contributed by atoms with Crippen LogP contribution in [0, 0.1) is 38.9 Å². The Hall–Kier alpha value is -1.63. The molecule has 1 saturated heterocycles. The highest BCUT2D eigenvalue weighted by Gasteiger charge is 3.03. The number of hydrogen-bond donors (Lipinski definition) is 2. The minimum Gasteiger partial charge on any atom is -0.311 e. The lowest BCUT2D eigenvalue weighted by atomic mass is 9.76. The highest BCUT2D eigenvalue weighted by Crippen LogP contribution is 2.86. The minimum absolute atomic E-state index is 0.119. The van der Waals surface area contributed by atoms with Gasteiger partial charge < -0.3 is 9.47 Å². The third kappa shape index (κ3) is 0.994. The van der Waals surface area contributed by atoms with Gasteiger partial charge in [0.2, 0.25) is 0 Å². The van der Waals surface area contributed by atoms with Crippen molar-refractivity contribution in [1.29, 1.82) is 10.5 Å². The maximum Gasteiger partial charge on any atom is 0.343 e. The highest BCUT2D eigenvalue weighted by atomic mass is 16.8. The Labute approximate surface area is 123 Å². The lowest BCUT2D eigenvalue weighted by Gasteiger charge is -2.31. The van der Waals surface area contributed by atoms with Gasteiger partial charge in [0.1, 0.15) is 0 Å². The maximum atomic E-state index is 10.0. The topological polar surface area (TPSA) is 106 Å². The number of rotatable bonds is 0. The predicted molar refractivity (Wildman–Crippen MR) is 71.0 cm³/mol. The molecule has 2 aliphatic heterocycles. The Morgan fingerprint density at radius 1 is 1.24 bits per heavy atom. The smallest absolute Gasteiger partial charge is 0.311 e. The summed E-state index contributed by atoms with van der Waals surface area (Å²) in [5.74, 6) is -0.902. The first-order valence-corrected chi connectivity index (χ1v) is 7.61. The quantitative estimate of drug-likeness (QED) is 0.625. The van der Waals surface area contributed by atoms with Crippen LogP contribution in [0.5, 0.6) is 0 Å². The Bertz CT molecular complexity index is 627. The molecule has 4 atom stereocenters. The van der Waals surface area contributed by atoms with E-state index in [2.05, 4.69) is 17.1 Å². The van der Waals surface area contributed by atoms with Crippen molar-refractivity contribution in [2.45, 2.75) is 51.0 Å². The monoisotopic (exact) mass is 287 g/mol. The first-order chi connectivity index (χ1) is 10.1. The minimum atomic E-state index is -1.25. The molecule has 0 bridgehead atoms. The van der Waals surface area contributed by atoms with E-state index in [1.807, 2.05) is 6.92 Å². The molecule has 2 aliphatic carbocycles. The van der Waals surface area contributed by atoms with Crippen LogP contribution in [-0.2, 0) is 9.47 Å². The van der Waals surface area contributed by atoms with Crippen molar-refractivity contribution in [2.24, 2.45) is 22.0 Å². The van der Waals surface area contributed by atoms with E-state index < -0.39 is 22.2 Å². The molecule has 3 fully saturated rings. The number of ether oxygens (including phenoxy) is 2. The molecule has 0 radical (unpaired) electrons. The number of nitrogens with one attached hydrogen (secondary N) is 1. The van der Waals surface area contributed by atoms with Gasteiger partial charge in [-0.15, -0.1) is 0 Å². The molecule has 0 aromatic carbocycles. The molecule has 2 spiro atoms. The molecular formula is C15H19N4O2+. The van der Waals surface area contributed by atoms with Gasteiger partial charge in [0.05, 0.1) is 24.8 Å². The van der Waals surface area contributed by atoms with Crippen molar-refractivity contribution >= 4 is 5.84 Å². The number of nitriles is 2. The average molecular weight is 287 g/mol. The van der Waals surface area contributed by atoms with E-state index in [1.165, 1.54) is 0 Å². The summed E-state index contributed by atoms with van der Waals surface area (Å²) < 4.78 is 11.9. The Balaban J connectivity index is 1.93. The SMILES string of the molecule is C[C@H]1CO[C@@]2([NH+]=C(N)[C@@]3(C#N)C4(CCCCC4)[C@@]23C#N)O1. The molecule has 0 unspecified atom stereocenters. The van der Waals surface area contributed by atoms with Gasteiger partial charge in [0.15, 0.2) is 10.8 Å². The van der Waals surface area contributed by atoms with Gasteiger partial charge >= 0.3 is 5.91 Å². The number of fused-ring (bicyclic) bond motifs is 4. The Morgan fingerprint density at radius 2 is 1.95 bits per heavy atom. The van der Waals surface area contributed by atoms with Crippen LogP contribution in [0.15, 0.2) is 0 Å². The molecule has 0 aromatic rings. The summed E-state index contributed by atoms with van der Waals surface area (Å²) in [5, 5.41) is 19.9. The molecule has 0 amide bonds. The summed E-state index contributed by atoms with van der Waals surface area (Å²) in [6.45, 7) is 2.31. The summed E-state index contributed by atoms with van der Waals surface area (Å²) in [4.78, 5) is 3.02. The Morgan fingerprint density at radius 3 is 2.48 bits per heavy atom. The van der Waals surface area contributed by atoms with E-state index in [0.29, 0.717) is 12.4 Å². The first kappa shape index (κ1) is 13.1. The van der Waals surface area contributed by atoms with Crippen molar-refractivity contribution < 1.29 is 14.5 Å². The molecule has 110 valence electrons. The van der Waals surface area contributed by atoms with E-state index in [-0.39, 0.29) is 6.10 Å². The molecular weight excluding hydrogens is 268 g/mol. The van der Waals surface area contributed by atoms with E-state index in [1.54, 1.807) is 0 Å². The fourth-order valence-corrected chi connectivity index (χ4v) is 5.35. The molecule has 2 saturated carbocycles. The molecule has 3 N–H and O–H groups in total. The van der Waals surface area contributed by atoms with E-state index in [9.17, 15) is 10.5 Å². The third-order valence-electron chi connectivity index (χ3n) is 6.06. The van der Waals surface area contributed by atoms with E-state index in [0.717, 1.165) is 32.1 Å². The van der Waals surface area contributed by atoms with Crippen molar-refractivity contribution in [3.8, 4) is 12.1 Å². The molecule has 2 heterocycles. The molecule has 21 heavy (non-hydrogen) atoms. The predicted octanol–water partition coefficient (Wildman–Crippen LogP) is -0.489. The van der Waals surface area contributed by atoms with Crippen LogP contribution in [-0.4, -0.2) is 24.5 Å². The normalized spacial score (nSPS) is 49.5. The number of amidine groups is 1. The van der Waals surface area contributed by atoms with Crippen molar-refractivity contribution in [3.05, 3.63) is 0 Å². The largest absolute Gasteiger partial charge is 0.343 e. The number of nitrogens with two attached hydrogens (primary N) is 1. The summed E-state index contributed by atoms with van der Waals surface area (Å²) in [5.41, 5.74) is 3.76. The second-order valence-corrected chi connectivity index (χ2v) is 6.76. The van der Waals surface area contributed by atoms with Gasteiger partial charge in [-0.05, 0) is 19.8 Å². The number of nitrogens with zero attached hydrogens (tertiary/aromatic N) is 2. The van der Waals surface area contributed by atoms with Gasteiger partial charge in [-0.2, -0.15) is 10.5 Å². The maximum absolute atomic E-state index is 10.0. The Kier molecular flexibility index (Phi) is 2.22. The summed E-state index contributed by atoms with van der Waals surface area (Å²) in [6, 6.07) is 4.79. The second kappa shape index (κ2) is 3.58. The highest BCUT2D eigenvalue weighted by molar-refractivity contribution is 5.95. The molecule has 4 aliphatic rings. The van der Waals surface area contributed by atoms with Crippen LogP contribution in [0.25, 0.3) is 0 Å². The van der Waals surface area contributed by atoms with Crippen molar-refractivity contribution in [1.82, 2.24) is 0 Å². The van der Waals surface area contributed by atoms with Gasteiger partial charge in [-0.3, -0.25) is 5.73 Å². The van der Waals surface area contributed by atoms with Gasteiger partial charge in [0.25, 0.3) is 5.84 Å². The van der Waals surface area contributed by atoms with Crippen LogP contribution >= 0.6 is 0 Å². The van der Waals surface area contributed by atoms with Gasteiger partial charge in [-0.25, -0.2) is 4.99 Å². The zero-order chi connectivity index (χ0) is 14.9. The average Bonchev–Trinajstić information content (AvgIpc) is 2.68. The number of hydrogen-bond acceptors (Lipinski definition) is 5. The van der Waals surface area contributed by atoms with Crippen LogP contribution in [0.3, 0.4) is 0 Å². The first-order valence-electron chi connectivity index (χ1n) is 7.61. The van der Waals surface area contributed by atoms with E-state index in [4.69, 9.17) is 15.2 Å². The zero-order valence-electron chi connectivity index (χ0n) is 12.1. The lowest BCUT2D eigenvalue weighted by molar-refractivity contribution is -0.680. The third-order valence-corrected chi connectivity index (χ3v) is 6.06. The van der Waals surface area contributed by atoms with E-state index >= 15 is 0 Å². The van der Waals surface area contributed by atoms with Crippen molar-refractivity contribution in [3.63, 3.8) is 0 Å². The fourth-order valence-electron chi connectivity index (χ4n) is 5.35. The van der Waals surface area contributed by atoms with Crippen molar-refractivity contribution in [2.75, 3.05) is 6.61 Å². The summed E-state index contributed by atoms with van der Waals surface area (Å²) >= 11 is 0.